The van der Waals surface area contributed by atoms with E-state index in [0.717, 1.165) is 51.4 Å². The van der Waals surface area contributed by atoms with Gasteiger partial charge in [-0.15, -0.1) is 0 Å². The zero-order valence-electron chi connectivity index (χ0n) is 33.9. The third-order valence-corrected chi connectivity index (χ3v) is 10.1. The lowest BCUT2D eigenvalue weighted by Crippen LogP contribution is -2.29. The zero-order chi connectivity index (χ0) is 39.4. The van der Waals surface area contributed by atoms with E-state index >= 15 is 0 Å². The quantitative estimate of drug-likeness (QED) is 0.0204. The number of carbonyl (C=O) groups is 2. The van der Waals surface area contributed by atoms with Crippen LogP contribution in [0.1, 0.15) is 168 Å². The Kier molecular flexibility index (Phi) is 32.7. The highest BCUT2D eigenvalue weighted by Crippen LogP contribution is 2.43. The van der Waals surface area contributed by atoms with Crippen molar-refractivity contribution >= 4 is 19.8 Å². The van der Waals surface area contributed by atoms with Gasteiger partial charge in [0, 0.05) is 19.4 Å². The Hall–Kier alpha value is -2.07. The monoisotopic (exact) mass is 782 g/mol. The smallest absolute Gasteiger partial charge is 0.462 e. The molecular formula is C43H76NO9P. The number of ether oxygens (including phenoxy) is 3. The summed E-state index contributed by atoms with van der Waals surface area (Å²) in [5, 5.41) is 0. The molecule has 3 unspecified atom stereocenters. The molecule has 0 amide bonds. The molecule has 0 aromatic heterocycles. The molecule has 1 aliphatic rings. The maximum atomic E-state index is 12.6. The van der Waals surface area contributed by atoms with E-state index in [2.05, 4.69) is 56.4 Å². The number of allylic oxidation sites excluding steroid dienone is 6. The third-order valence-electron chi connectivity index (χ3n) is 9.09. The predicted octanol–water partition coefficient (Wildman–Crippen LogP) is 10.9. The molecule has 1 rings (SSSR count). The van der Waals surface area contributed by atoms with E-state index in [4.69, 9.17) is 29.0 Å². The van der Waals surface area contributed by atoms with Gasteiger partial charge in [0.05, 0.1) is 25.4 Å². The van der Waals surface area contributed by atoms with E-state index in [9.17, 15) is 19.0 Å². The van der Waals surface area contributed by atoms with Crippen LogP contribution in [0.4, 0.5) is 0 Å². The van der Waals surface area contributed by atoms with Gasteiger partial charge < -0.3 is 24.8 Å². The highest BCUT2D eigenvalue weighted by atomic mass is 31.2. The highest BCUT2D eigenvalue weighted by molar-refractivity contribution is 7.47. The van der Waals surface area contributed by atoms with Crippen LogP contribution in [0.3, 0.4) is 0 Å². The second-order valence-corrected chi connectivity index (χ2v) is 15.7. The number of hydrogen-bond donors (Lipinski definition) is 2. The summed E-state index contributed by atoms with van der Waals surface area (Å²) in [5.74, 6) is -0.909. The molecule has 1 fully saturated rings. The van der Waals surface area contributed by atoms with Crippen LogP contribution in [0, 0.1) is 0 Å². The molecule has 1 aliphatic heterocycles. The standard InChI is InChI=1S/C43H76NO9P/c1-3-5-7-9-11-13-14-15-16-17-18-20-22-24-29-33-42(45)49-37-39(38-51-54(47,48)50-36-35-44)52-43(46)34-30-26-25-28-32-41-40(53-41)31-27-23-21-19-12-10-8-6-4-2/h12-14,19,23,25,27-28,39-41H,3-11,15-18,20-22,24,26,29-38,44H2,1-2H3,(H,47,48)/b14-13-,19-12-,27-23-,28-25-/t39-,40?,41?/m1/s1. The summed E-state index contributed by atoms with van der Waals surface area (Å²) in [4.78, 5) is 34.9. The lowest BCUT2D eigenvalue weighted by atomic mass is 10.1. The fourth-order valence-corrected chi connectivity index (χ4v) is 6.54. The topological polar surface area (TPSA) is 147 Å². The van der Waals surface area contributed by atoms with E-state index in [1.807, 2.05) is 6.08 Å². The number of hydrogen-bond acceptors (Lipinski definition) is 9. The van der Waals surface area contributed by atoms with E-state index in [-0.39, 0.29) is 44.8 Å². The van der Waals surface area contributed by atoms with Crippen LogP contribution in [0.5, 0.6) is 0 Å². The number of unbranched alkanes of at least 4 members (excludes halogenated alkanes) is 15. The highest BCUT2D eigenvalue weighted by Gasteiger charge is 2.36. The molecule has 1 saturated heterocycles. The number of nitrogens with two attached hydrogens (primary N) is 1. The average Bonchev–Trinajstić information content (AvgIpc) is 3.91. The summed E-state index contributed by atoms with van der Waals surface area (Å²) in [6.45, 7) is 3.60. The molecule has 1 heterocycles. The van der Waals surface area contributed by atoms with Crippen molar-refractivity contribution < 1.29 is 42.3 Å². The van der Waals surface area contributed by atoms with Crippen molar-refractivity contribution in [2.75, 3.05) is 26.4 Å². The number of phosphoric acid groups is 1. The molecule has 4 atom stereocenters. The SMILES string of the molecule is CCCCC/C=C\C/C=C\CC1OC1C/C=C\CCCC(=O)O[C@H](COC(=O)CCCCCCCCC/C=C\CCCCCC)COP(=O)(O)OCCN. The van der Waals surface area contributed by atoms with Gasteiger partial charge in [0.25, 0.3) is 0 Å². The molecule has 0 aromatic rings. The first-order chi connectivity index (χ1) is 26.3. The van der Waals surface area contributed by atoms with Crippen molar-refractivity contribution in [2.24, 2.45) is 5.73 Å². The number of epoxide rings is 1. The molecule has 0 spiro atoms. The summed E-state index contributed by atoms with van der Waals surface area (Å²) < 4.78 is 38.5. The number of carbonyl (C=O) groups excluding carboxylic acids is 2. The van der Waals surface area contributed by atoms with Gasteiger partial charge in [0.1, 0.15) is 6.61 Å². The molecule has 312 valence electrons. The normalized spacial score (nSPS) is 17.6. The Bertz CT molecular complexity index is 1090. The summed E-state index contributed by atoms with van der Waals surface area (Å²) in [6, 6.07) is 0. The molecule has 3 N–H and O–H groups in total. The van der Waals surface area contributed by atoms with Gasteiger partial charge in [-0.1, -0.05) is 127 Å². The molecule has 0 aliphatic carbocycles. The van der Waals surface area contributed by atoms with Crippen molar-refractivity contribution in [1.29, 1.82) is 0 Å². The van der Waals surface area contributed by atoms with Crippen LogP contribution in [-0.2, 0) is 37.4 Å². The van der Waals surface area contributed by atoms with Gasteiger partial charge in [-0.05, 0) is 77.0 Å². The summed E-state index contributed by atoms with van der Waals surface area (Å²) in [6.07, 6.45) is 41.7. The second kappa shape index (κ2) is 35.4. The van der Waals surface area contributed by atoms with Gasteiger partial charge in [0.2, 0.25) is 0 Å². The maximum absolute atomic E-state index is 12.6. The summed E-state index contributed by atoms with van der Waals surface area (Å²) >= 11 is 0. The molecule has 0 aromatic carbocycles. The van der Waals surface area contributed by atoms with Crippen LogP contribution in [0.15, 0.2) is 48.6 Å². The van der Waals surface area contributed by atoms with Gasteiger partial charge in [-0.3, -0.25) is 18.6 Å². The molecule has 0 radical (unpaired) electrons. The van der Waals surface area contributed by atoms with Crippen LogP contribution >= 0.6 is 7.82 Å². The average molecular weight is 782 g/mol. The number of rotatable bonds is 38. The minimum atomic E-state index is -4.40. The molecule has 0 saturated carbocycles. The Morgan fingerprint density at radius 1 is 0.648 bits per heavy atom. The van der Waals surface area contributed by atoms with Crippen molar-refractivity contribution in [3.05, 3.63) is 48.6 Å². The molecular weight excluding hydrogens is 705 g/mol. The first-order valence-corrected chi connectivity index (χ1v) is 22.7. The fraction of sp³-hybridized carbons (Fsp3) is 0.767. The van der Waals surface area contributed by atoms with Crippen molar-refractivity contribution in [2.45, 2.75) is 186 Å². The van der Waals surface area contributed by atoms with Crippen LogP contribution in [0.2, 0.25) is 0 Å². The van der Waals surface area contributed by atoms with E-state index in [1.54, 1.807) is 0 Å². The van der Waals surface area contributed by atoms with Crippen LogP contribution in [-0.4, -0.2) is 61.5 Å². The minimum Gasteiger partial charge on any atom is -0.462 e. The minimum absolute atomic E-state index is 0.0399. The lowest BCUT2D eigenvalue weighted by Gasteiger charge is -2.19. The Labute approximate surface area is 328 Å². The van der Waals surface area contributed by atoms with Crippen molar-refractivity contribution in [1.82, 2.24) is 0 Å². The van der Waals surface area contributed by atoms with Crippen LogP contribution < -0.4 is 5.73 Å². The first-order valence-electron chi connectivity index (χ1n) is 21.2. The molecule has 11 heteroatoms. The van der Waals surface area contributed by atoms with Gasteiger partial charge >= 0.3 is 19.8 Å². The van der Waals surface area contributed by atoms with Gasteiger partial charge in [-0.2, -0.15) is 0 Å². The van der Waals surface area contributed by atoms with Gasteiger partial charge in [0.15, 0.2) is 6.10 Å². The number of phosphoric ester groups is 1. The van der Waals surface area contributed by atoms with E-state index in [0.29, 0.717) is 19.3 Å². The fourth-order valence-electron chi connectivity index (χ4n) is 5.78. The Morgan fingerprint density at radius 2 is 1.15 bits per heavy atom. The van der Waals surface area contributed by atoms with Crippen LogP contribution in [0.25, 0.3) is 0 Å². The Morgan fingerprint density at radius 3 is 1.81 bits per heavy atom. The molecule has 0 bridgehead atoms. The first kappa shape index (κ1) is 49.9. The largest absolute Gasteiger partial charge is 0.472 e. The van der Waals surface area contributed by atoms with Crippen molar-refractivity contribution in [3.8, 4) is 0 Å². The summed E-state index contributed by atoms with van der Waals surface area (Å²) in [5.41, 5.74) is 5.34. The maximum Gasteiger partial charge on any atom is 0.472 e. The van der Waals surface area contributed by atoms with E-state index in [1.165, 1.54) is 70.6 Å². The lowest BCUT2D eigenvalue weighted by molar-refractivity contribution is -0.161. The Balaban J connectivity index is 2.25. The van der Waals surface area contributed by atoms with Crippen molar-refractivity contribution in [3.63, 3.8) is 0 Å². The summed E-state index contributed by atoms with van der Waals surface area (Å²) in [7, 11) is -4.40. The van der Waals surface area contributed by atoms with Gasteiger partial charge in [-0.25, -0.2) is 4.57 Å². The second-order valence-electron chi connectivity index (χ2n) is 14.2. The third kappa shape index (κ3) is 32.2. The predicted molar refractivity (Wildman–Crippen MR) is 219 cm³/mol. The number of esters is 2. The molecule has 10 nitrogen and oxygen atoms in total. The molecule has 54 heavy (non-hydrogen) atoms. The zero-order valence-corrected chi connectivity index (χ0v) is 34.8. The van der Waals surface area contributed by atoms with E-state index < -0.39 is 32.5 Å².